The van der Waals surface area contributed by atoms with Gasteiger partial charge in [-0.05, 0) is 25.3 Å². The van der Waals surface area contributed by atoms with Crippen molar-refractivity contribution in [3.63, 3.8) is 0 Å². The van der Waals surface area contributed by atoms with Gasteiger partial charge in [-0.1, -0.05) is 13.0 Å². The number of nitrogens with zero attached hydrogens (tertiary/aromatic N) is 2. The minimum absolute atomic E-state index is 0.0317. The molecule has 0 radical (unpaired) electrons. The highest BCUT2D eigenvalue weighted by Gasteiger charge is 2.16. The van der Waals surface area contributed by atoms with E-state index in [1.165, 1.54) is 0 Å². The SMILES string of the molecule is C=CCCCN(C)C(=O)c1cc(N)cn1CCC. The normalized spacial score (nSPS) is 10.3. The number of unbranched alkanes of at least 4 members (excludes halogenated alkanes) is 1. The van der Waals surface area contributed by atoms with Crippen LogP contribution in [0.3, 0.4) is 0 Å². The monoisotopic (exact) mass is 249 g/mol. The predicted molar refractivity (Wildman–Crippen MR) is 75.5 cm³/mol. The fourth-order valence-electron chi connectivity index (χ4n) is 1.91. The first-order chi connectivity index (χ1) is 8.60. The van der Waals surface area contributed by atoms with Gasteiger partial charge < -0.3 is 15.2 Å². The number of aryl methyl sites for hydroxylation is 1. The van der Waals surface area contributed by atoms with Crippen molar-refractivity contribution in [3.8, 4) is 0 Å². The molecule has 0 aliphatic carbocycles. The van der Waals surface area contributed by atoms with Crippen LogP contribution in [0, 0.1) is 0 Å². The van der Waals surface area contributed by atoms with Crippen molar-refractivity contribution in [1.82, 2.24) is 9.47 Å². The number of nitrogen functional groups attached to an aromatic ring is 1. The van der Waals surface area contributed by atoms with E-state index in [4.69, 9.17) is 5.73 Å². The molecule has 0 aliphatic rings. The number of aromatic nitrogens is 1. The van der Waals surface area contributed by atoms with Gasteiger partial charge in [0.25, 0.3) is 5.91 Å². The van der Waals surface area contributed by atoms with Gasteiger partial charge in [-0.3, -0.25) is 4.79 Å². The fourth-order valence-corrected chi connectivity index (χ4v) is 1.91. The largest absolute Gasteiger partial charge is 0.397 e. The maximum Gasteiger partial charge on any atom is 0.270 e. The Morgan fingerprint density at radius 2 is 2.33 bits per heavy atom. The fraction of sp³-hybridized carbons (Fsp3) is 0.500. The van der Waals surface area contributed by atoms with Crippen LogP contribution < -0.4 is 5.73 Å². The summed E-state index contributed by atoms with van der Waals surface area (Å²) in [6.45, 7) is 7.32. The van der Waals surface area contributed by atoms with Gasteiger partial charge in [0.05, 0.1) is 5.69 Å². The number of hydrogen-bond donors (Lipinski definition) is 1. The predicted octanol–water partition coefficient (Wildman–Crippen LogP) is 2.52. The number of nitrogens with two attached hydrogens (primary N) is 1. The van der Waals surface area contributed by atoms with Crippen LogP contribution in [0.5, 0.6) is 0 Å². The summed E-state index contributed by atoms with van der Waals surface area (Å²) in [5.74, 6) is 0.0317. The molecule has 0 fully saturated rings. The van der Waals surface area contributed by atoms with Crippen LogP contribution in [0.2, 0.25) is 0 Å². The minimum Gasteiger partial charge on any atom is -0.397 e. The third-order valence-electron chi connectivity index (χ3n) is 2.85. The first-order valence-corrected chi connectivity index (χ1v) is 6.42. The van der Waals surface area contributed by atoms with Crippen LogP contribution in [-0.2, 0) is 6.54 Å². The first kappa shape index (κ1) is 14.4. The molecule has 0 atom stereocenters. The van der Waals surface area contributed by atoms with E-state index < -0.39 is 0 Å². The highest BCUT2D eigenvalue weighted by Crippen LogP contribution is 2.13. The number of carbonyl (C=O) groups excluding carboxylic acids is 1. The lowest BCUT2D eigenvalue weighted by molar-refractivity contribution is 0.0783. The van der Waals surface area contributed by atoms with E-state index in [0.717, 1.165) is 32.4 Å². The van der Waals surface area contributed by atoms with Gasteiger partial charge in [-0.15, -0.1) is 6.58 Å². The molecule has 18 heavy (non-hydrogen) atoms. The summed E-state index contributed by atoms with van der Waals surface area (Å²) >= 11 is 0. The molecule has 4 heteroatoms. The molecule has 4 nitrogen and oxygen atoms in total. The lowest BCUT2D eigenvalue weighted by Crippen LogP contribution is -2.29. The number of carbonyl (C=O) groups is 1. The van der Waals surface area contributed by atoms with Crippen LogP contribution in [0.1, 0.15) is 36.7 Å². The molecule has 0 saturated heterocycles. The van der Waals surface area contributed by atoms with Gasteiger partial charge in [-0.25, -0.2) is 0 Å². The third kappa shape index (κ3) is 3.65. The Balaban J connectivity index is 2.72. The number of hydrogen-bond acceptors (Lipinski definition) is 2. The Bertz CT molecular complexity index is 409. The molecule has 1 aromatic heterocycles. The van der Waals surface area contributed by atoms with Crippen molar-refractivity contribution in [2.75, 3.05) is 19.3 Å². The Kier molecular flexibility index (Phi) is 5.49. The topological polar surface area (TPSA) is 51.3 Å². The molecule has 0 aliphatic heterocycles. The molecular formula is C14H23N3O. The first-order valence-electron chi connectivity index (χ1n) is 6.42. The molecule has 1 heterocycles. The number of amides is 1. The zero-order valence-electron chi connectivity index (χ0n) is 11.4. The van der Waals surface area contributed by atoms with Crippen molar-refractivity contribution in [1.29, 1.82) is 0 Å². The lowest BCUT2D eigenvalue weighted by atomic mass is 10.2. The van der Waals surface area contributed by atoms with Crippen molar-refractivity contribution >= 4 is 11.6 Å². The summed E-state index contributed by atoms with van der Waals surface area (Å²) in [7, 11) is 1.82. The second kappa shape index (κ2) is 6.89. The van der Waals surface area contributed by atoms with Crippen molar-refractivity contribution in [2.45, 2.75) is 32.7 Å². The Labute approximate surface area is 109 Å². The molecule has 0 spiro atoms. The number of allylic oxidation sites excluding steroid dienone is 1. The molecular weight excluding hydrogens is 226 g/mol. The summed E-state index contributed by atoms with van der Waals surface area (Å²) in [4.78, 5) is 14.0. The number of rotatable bonds is 7. The van der Waals surface area contributed by atoms with Gasteiger partial charge in [0.2, 0.25) is 0 Å². The van der Waals surface area contributed by atoms with Crippen LogP contribution in [0.25, 0.3) is 0 Å². The molecule has 0 bridgehead atoms. The molecule has 2 N–H and O–H groups in total. The average molecular weight is 249 g/mol. The van der Waals surface area contributed by atoms with Crippen molar-refractivity contribution < 1.29 is 4.79 Å². The number of anilines is 1. The second-order valence-electron chi connectivity index (χ2n) is 4.51. The van der Waals surface area contributed by atoms with Gasteiger partial charge in [-0.2, -0.15) is 0 Å². The second-order valence-corrected chi connectivity index (χ2v) is 4.51. The third-order valence-corrected chi connectivity index (χ3v) is 2.85. The van der Waals surface area contributed by atoms with E-state index in [2.05, 4.69) is 13.5 Å². The van der Waals surface area contributed by atoms with Crippen LogP contribution in [0.4, 0.5) is 5.69 Å². The van der Waals surface area contributed by atoms with Crippen molar-refractivity contribution in [3.05, 3.63) is 30.6 Å². The van der Waals surface area contributed by atoms with E-state index in [1.54, 1.807) is 11.0 Å². The van der Waals surface area contributed by atoms with Crippen LogP contribution in [-0.4, -0.2) is 29.0 Å². The van der Waals surface area contributed by atoms with E-state index in [1.807, 2.05) is 23.9 Å². The summed E-state index contributed by atoms with van der Waals surface area (Å²) in [5.41, 5.74) is 7.09. The van der Waals surface area contributed by atoms with Gasteiger partial charge in [0.1, 0.15) is 5.69 Å². The molecule has 100 valence electrons. The summed E-state index contributed by atoms with van der Waals surface area (Å²) in [5, 5.41) is 0. The van der Waals surface area contributed by atoms with E-state index in [9.17, 15) is 4.79 Å². The maximum atomic E-state index is 12.3. The summed E-state index contributed by atoms with van der Waals surface area (Å²) in [6, 6.07) is 1.75. The highest BCUT2D eigenvalue weighted by molar-refractivity contribution is 5.93. The van der Waals surface area contributed by atoms with E-state index >= 15 is 0 Å². The van der Waals surface area contributed by atoms with Crippen LogP contribution in [0.15, 0.2) is 24.9 Å². The molecule has 0 aromatic carbocycles. The molecule has 1 amide bonds. The Hall–Kier alpha value is -1.71. The van der Waals surface area contributed by atoms with Gasteiger partial charge in [0.15, 0.2) is 0 Å². The molecule has 0 saturated carbocycles. The molecule has 1 rings (SSSR count). The molecule has 0 unspecified atom stereocenters. The molecule has 1 aromatic rings. The van der Waals surface area contributed by atoms with E-state index in [0.29, 0.717) is 11.4 Å². The Morgan fingerprint density at radius 1 is 1.61 bits per heavy atom. The lowest BCUT2D eigenvalue weighted by Gasteiger charge is -2.17. The zero-order chi connectivity index (χ0) is 13.5. The maximum absolute atomic E-state index is 12.3. The van der Waals surface area contributed by atoms with Gasteiger partial charge in [0, 0.05) is 26.3 Å². The van der Waals surface area contributed by atoms with Crippen molar-refractivity contribution in [2.24, 2.45) is 0 Å². The van der Waals surface area contributed by atoms with Gasteiger partial charge >= 0.3 is 0 Å². The quantitative estimate of drug-likeness (QED) is 0.596. The Morgan fingerprint density at radius 3 is 2.94 bits per heavy atom. The standard InChI is InChI=1S/C14H23N3O/c1-4-6-7-9-16(3)14(18)13-10-12(15)11-17(13)8-5-2/h4,10-11H,1,5-9,15H2,2-3H3. The van der Waals surface area contributed by atoms with Crippen LogP contribution >= 0.6 is 0 Å². The smallest absolute Gasteiger partial charge is 0.270 e. The highest BCUT2D eigenvalue weighted by atomic mass is 16.2. The average Bonchev–Trinajstić information content (AvgIpc) is 2.70. The summed E-state index contributed by atoms with van der Waals surface area (Å²) in [6.07, 6.45) is 6.55. The van der Waals surface area contributed by atoms with E-state index in [-0.39, 0.29) is 5.91 Å². The summed E-state index contributed by atoms with van der Waals surface area (Å²) < 4.78 is 1.93. The minimum atomic E-state index is 0.0317. The zero-order valence-corrected chi connectivity index (χ0v) is 11.4.